The van der Waals surface area contributed by atoms with Crippen LogP contribution in [0.15, 0.2) is 83.4 Å². The summed E-state index contributed by atoms with van der Waals surface area (Å²) in [7, 11) is 1.54. The molecule has 0 radical (unpaired) electrons. The molecule has 3 atom stereocenters. The van der Waals surface area contributed by atoms with E-state index in [9.17, 15) is 19.2 Å². The third-order valence-electron chi connectivity index (χ3n) is 8.33. The van der Waals surface area contributed by atoms with Crippen LogP contribution in [0.1, 0.15) is 39.6 Å². The number of hydrogen-bond donors (Lipinski definition) is 0. The summed E-state index contributed by atoms with van der Waals surface area (Å²) < 4.78 is 11.4. The van der Waals surface area contributed by atoms with E-state index in [4.69, 9.17) is 14.5 Å². The number of allylic oxidation sites excluding steroid dienone is 2. The predicted octanol–water partition coefficient (Wildman–Crippen LogP) is 6.72. The summed E-state index contributed by atoms with van der Waals surface area (Å²) in [5.74, 6) is -1.42. The van der Waals surface area contributed by atoms with Gasteiger partial charge in [0.2, 0.25) is 11.8 Å². The molecule has 3 aromatic carbocycles. The Morgan fingerprint density at radius 1 is 1.00 bits per heavy atom. The molecular formula is C35H29BrN2O6. The van der Waals surface area contributed by atoms with Crippen LogP contribution in [0.2, 0.25) is 0 Å². The molecule has 1 fully saturated rings. The van der Waals surface area contributed by atoms with Crippen molar-refractivity contribution >= 4 is 56.1 Å². The maximum atomic E-state index is 13.4. The van der Waals surface area contributed by atoms with E-state index in [0.717, 1.165) is 10.0 Å². The summed E-state index contributed by atoms with van der Waals surface area (Å²) in [5.41, 5.74) is 3.81. The first-order valence-electron chi connectivity index (χ1n) is 14.3. The van der Waals surface area contributed by atoms with Crippen LogP contribution in [0.5, 0.6) is 5.75 Å². The topological polar surface area (TPSA) is 103 Å². The number of pyridine rings is 1. The summed E-state index contributed by atoms with van der Waals surface area (Å²) >= 11 is 3.50. The van der Waals surface area contributed by atoms with E-state index in [2.05, 4.69) is 15.9 Å². The van der Waals surface area contributed by atoms with E-state index >= 15 is 0 Å². The third-order valence-corrected chi connectivity index (χ3v) is 8.79. The van der Waals surface area contributed by atoms with E-state index in [1.807, 2.05) is 32.1 Å². The number of imide groups is 1. The summed E-state index contributed by atoms with van der Waals surface area (Å²) in [6, 6.07) is 18.9. The number of carbonyl (C=O) groups is 4. The van der Waals surface area contributed by atoms with E-state index in [1.54, 1.807) is 67.8 Å². The van der Waals surface area contributed by atoms with Crippen molar-refractivity contribution in [2.45, 2.75) is 20.3 Å². The van der Waals surface area contributed by atoms with Gasteiger partial charge in [0.25, 0.3) is 0 Å². The number of amides is 2. The van der Waals surface area contributed by atoms with Crippen molar-refractivity contribution in [3.63, 3.8) is 0 Å². The van der Waals surface area contributed by atoms with Gasteiger partial charge in [0.1, 0.15) is 5.75 Å². The fourth-order valence-corrected chi connectivity index (χ4v) is 6.60. The Labute approximate surface area is 262 Å². The zero-order chi connectivity index (χ0) is 31.1. The highest BCUT2D eigenvalue weighted by molar-refractivity contribution is 9.10. The summed E-state index contributed by atoms with van der Waals surface area (Å²) in [6.07, 6.45) is 4.55. The first kappa shape index (κ1) is 29.4. The van der Waals surface area contributed by atoms with Crippen molar-refractivity contribution in [2.24, 2.45) is 17.8 Å². The molecule has 1 aliphatic carbocycles. The number of Topliss-reactive ketones (excluding diaryl/α,β-unsaturated/α-hetero) is 1. The number of ether oxygens (including phenoxy) is 2. The summed E-state index contributed by atoms with van der Waals surface area (Å²) in [5, 5.41) is 0.581. The smallest absolute Gasteiger partial charge is 0.339 e. The van der Waals surface area contributed by atoms with Crippen molar-refractivity contribution < 1.29 is 28.7 Å². The molecule has 6 rings (SSSR count). The lowest BCUT2D eigenvalue weighted by Crippen LogP contribution is -2.31. The minimum Gasteiger partial charge on any atom is -0.497 e. The number of aromatic nitrogens is 1. The zero-order valence-electron chi connectivity index (χ0n) is 24.4. The number of rotatable bonds is 7. The minimum absolute atomic E-state index is 0.00391. The molecule has 1 saturated heterocycles. The SMILES string of the molecule is COc1ccc(C(=O)COC(=O)c2cc(-c3ccc(N4C(=O)C5CC=CC(C)C5C4=O)cc3)nc3c(C)cc(Br)cc23)cc1. The summed E-state index contributed by atoms with van der Waals surface area (Å²) in [6.45, 7) is 3.43. The molecular weight excluding hydrogens is 624 g/mol. The number of anilines is 1. The Morgan fingerprint density at radius 3 is 2.41 bits per heavy atom. The lowest BCUT2D eigenvalue weighted by Gasteiger charge is -2.22. The molecule has 9 heteroatoms. The van der Waals surface area contributed by atoms with Gasteiger partial charge in [0.15, 0.2) is 12.4 Å². The molecule has 8 nitrogen and oxygen atoms in total. The highest BCUT2D eigenvalue weighted by Crippen LogP contribution is 2.41. The van der Waals surface area contributed by atoms with Crippen LogP contribution in [-0.4, -0.2) is 42.3 Å². The molecule has 0 bridgehead atoms. The average Bonchev–Trinajstić information content (AvgIpc) is 3.29. The molecule has 0 saturated carbocycles. The van der Waals surface area contributed by atoms with Crippen molar-refractivity contribution in [3.8, 4) is 17.0 Å². The Hall–Kier alpha value is -4.63. The number of halogens is 1. The van der Waals surface area contributed by atoms with Gasteiger partial charge in [-0.15, -0.1) is 0 Å². The molecule has 0 N–H and O–H groups in total. The lowest BCUT2D eigenvalue weighted by atomic mass is 9.78. The number of carbonyl (C=O) groups excluding carboxylic acids is 4. The average molecular weight is 654 g/mol. The Morgan fingerprint density at radius 2 is 1.73 bits per heavy atom. The molecule has 222 valence electrons. The van der Waals surface area contributed by atoms with Crippen molar-refractivity contribution in [3.05, 3.63) is 100 Å². The number of benzene rings is 3. The molecule has 3 unspecified atom stereocenters. The van der Waals surface area contributed by atoms with Crippen LogP contribution in [-0.2, 0) is 14.3 Å². The highest BCUT2D eigenvalue weighted by Gasteiger charge is 2.50. The zero-order valence-corrected chi connectivity index (χ0v) is 26.0. The first-order valence-corrected chi connectivity index (χ1v) is 15.1. The maximum absolute atomic E-state index is 13.4. The fraction of sp³-hybridized carbons (Fsp3) is 0.229. The molecule has 0 spiro atoms. The molecule has 4 aromatic rings. The number of hydrogen-bond acceptors (Lipinski definition) is 7. The van der Waals surface area contributed by atoms with Gasteiger partial charge >= 0.3 is 5.97 Å². The number of fused-ring (bicyclic) bond motifs is 2. The van der Waals surface area contributed by atoms with E-state index < -0.39 is 12.6 Å². The van der Waals surface area contributed by atoms with Crippen LogP contribution in [0.4, 0.5) is 5.69 Å². The van der Waals surface area contributed by atoms with Gasteiger partial charge in [-0.25, -0.2) is 9.78 Å². The van der Waals surface area contributed by atoms with Gasteiger partial charge in [-0.2, -0.15) is 0 Å². The van der Waals surface area contributed by atoms with Gasteiger partial charge in [0.05, 0.1) is 41.4 Å². The number of aryl methyl sites for hydroxylation is 1. The molecule has 44 heavy (non-hydrogen) atoms. The molecule has 2 heterocycles. The summed E-state index contributed by atoms with van der Waals surface area (Å²) in [4.78, 5) is 58.7. The first-order chi connectivity index (χ1) is 21.2. The van der Waals surface area contributed by atoms with Crippen LogP contribution >= 0.6 is 15.9 Å². The van der Waals surface area contributed by atoms with Crippen LogP contribution in [0, 0.1) is 24.7 Å². The molecule has 1 aromatic heterocycles. The second-order valence-corrected chi connectivity index (χ2v) is 12.0. The molecule has 1 aliphatic heterocycles. The quantitative estimate of drug-likeness (QED) is 0.0944. The van der Waals surface area contributed by atoms with E-state index in [1.165, 1.54) is 4.90 Å². The maximum Gasteiger partial charge on any atom is 0.339 e. The Bertz CT molecular complexity index is 1850. The van der Waals surface area contributed by atoms with Crippen molar-refractivity contribution in [2.75, 3.05) is 18.6 Å². The molecule has 2 amide bonds. The second-order valence-electron chi connectivity index (χ2n) is 11.1. The van der Waals surface area contributed by atoms with E-state index in [-0.39, 0.29) is 40.9 Å². The highest BCUT2D eigenvalue weighted by atomic mass is 79.9. The van der Waals surface area contributed by atoms with E-state index in [0.29, 0.717) is 45.6 Å². The monoisotopic (exact) mass is 652 g/mol. The van der Waals surface area contributed by atoms with Gasteiger partial charge in [-0.3, -0.25) is 19.3 Å². The van der Waals surface area contributed by atoms with Gasteiger partial charge in [-0.05, 0) is 79.4 Å². The standard InChI is InChI=1S/C35H29BrN2O6/c1-19-5-4-6-26-31(19)34(41)38(33(26)40)24-11-7-21(8-12-24)29-17-28(27-16-23(36)15-20(2)32(27)37-29)35(42)44-18-30(39)22-9-13-25(43-3)14-10-22/h4-5,7-17,19,26,31H,6,18H2,1-3H3. The normalized spacial score (nSPS) is 19.3. The number of esters is 1. The third kappa shape index (κ3) is 5.32. The molecule has 2 aliphatic rings. The number of ketones is 1. The predicted molar refractivity (Wildman–Crippen MR) is 170 cm³/mol. The van der Waals surface area contributed by atoms with Crippen LogP contribution in [0.25, 0.3) is 22.2 Å². The Balaban J connectivity index is 1.29. The van der Waals surface area contributed by atoms with Crippen LogP contribution in [0.3, 0.4) is 0 Å². The van der Waals surface area contributed by atoms with Gasteiger partial charge in [0, 0.05) is 21.0 Å². The van der Waals surface area contributed by atoms with Gasteiger partial charge < -0.3 is 9.47 Å². The lowest BCUT2D eigenvalue weighted by molar-refractivity contribution is -0.122. The van der Waals surface area contributed by atoms with Crippen LogP contribution < -0.4 is 9.64 Å². The number of nitrogens with zero attached hydrogens (tertiary/aromatic N) is 2. The minimum atomic E-state index is -0.659. The van der Waals surface area contributed by atoms with Crippen molar-refractivity contribution in [1.29, 1.82) is 0 Å². The fourth-order valence-electron chi connectivity index (χ4n) is 6.03. The van der Waals surface area contributed by atoms with Crippen molar-refractivity contribution in [1.82, 2.24) is 4.98 Å². The van der Waals surface area contributed by atoms with Gasteiger partial charge in [-0.1, -0.05) is 47.1 Å². The Kier molecular flexibility index (Phi) is 7.90. The second kappa shape index (κ2) is 11.8. The largest absolute Gasteiger partial charge is 0.497 e. The number of methoxy groups -OCH3 is 1.